The van der Waals surface area contributed by atoms with Crippen LogP contribution in [-0.4, -0.2) is 28.8 Å². The quantitative estimate of drug-likeness (QED) is 0.345. The summed E-state index contributed by atoms with van der Waals surface area (Å²) < 4.78 is 21.1. The topological polar surface area (TPSA) is 77.4 Å². The van der Waals surface area contributed by atoms with Gasteiger partial charge in [0.2, 0.25) is 11.7 Å². The predicted octanol–water partition coefficient (Wildman–Crippen LogP) is 4.14. The van der Waals surface area contributed by atoms with Gasteiger partial charge in [0.1, 0.15) is 11.5 Å². The number of aromatic nitrogens is 1. The summed E-state index contributed by atoms with van der Waals surface area (Å²) in [6, 6.07) is 16.8. The summed E-state index contributed by atoms with van der Waals surface area (Å²) in [6.07, 6.45) is 1.47. The number of carbonyl (C=O) groups is 3. The van der Waals surface area contributed by atoms with Crippen LogP contribution < -0.4 is 5.32 Å². The summed E-state index contributed by atoms with van der Waals surface area (Å²) in [5.41, 5.74) is 2.48. The zero-order chi connectivity index (χ0) is 23.3. The van der Waals surface area contributed by atoms with Crippen LogP contribution in [0.5, 0.6) is 0 Å². The fourth-order valence-electron chi connectivity index (χ4n) is 3.39. The number of benzene rings is 2. The number of carbonyl (C=O) groups excluding carboxylic acids is 3. The van der Waals surface area contributed by atoms with E-state index in [1.54, 1.807) is 66.9 Å². The Morgan fingerprint density at radius 2 is 1.69 bits per heavy atom. The maximum absolute atomic E-state index is 14.3. The van der Waals surface area contributed by atoms with Gasteiger partial charge in [-0.2, -0.15) is 0 Å². The molecule has 0 atom stereocenters. The number of ether oxygens (including phenoxy) is 1. The van der Waals surface area contributed by atoms with Crippen molar-refractivity contribution in [1.29, 1.82) is 0 Å². The highest BCUT2D eigenvalue weighted by Crippen LogP contribution is 2.23. The third kappa shape index (κ3) is 5.18. The van der Waals surface area contributed by atoms with Crippen molar-refractivity contribution in [3.63, 3.8) is 0 Å². The van der Waals surface area contributed by atoms with Crippen molar-refractivity contribution in [2.24, 2.45) is 0 Å². The van der Waals surface area contributed by atoms with Crippen LogP contribution in [0.1, 0.15) is 34.2 Å². The van der Waals surface area contributed by atoms with E-state index >= 15 is 0 Å². The van der Waals surface area contributed by atoms with E-state index in [9.17, 15) is 18.8 Å². The Bertz CT molecular complexity index is 1200. The molecule has 0 aliphatic rings. The zero-order valence-electron chi connectivity index (χ0n) is 18.0. The maximum Gasteiger partial charge on any atom is 0.355 e. The van der Waals surface area contributed by atoms with Crippen molar-refractivity contribution in [3.8, 4) is 5.69 Å². The average molecular weight is 434 g/mol. The van der Waals surface area contributed by atoms with Crippen molar-refractivity contribution in [2.75, 3.05) is 6.61 Å². The van der Waals surface area contributed by atoms with Crippen LogP contribution in [0.15, 0.2) is 66.4 Å². The minimum absolute atomic E-state index is 0.0756. The molecule has 32 heavy (non-hydrogen) atoms. The van der Waals surface area contributed by atoms with Crippen molar-refractivity contribution >= 4 is 23.7 Å². The second-order valence-electron chi connectivity index (χ2n) is 7.22. The molecule has 0 fully saturated rings. The Kier molecular flexibility index (Phi) is 7.00. The molecule has 0 radical (unpaired) electrons. The van der Waals surface area contributed by atoms with E-state index in [0.29, 0.717) is 28.2 Å². The zero-order valence-corrected chi connectivity index (χ0v) is 18.0. The number of hydrogen-bond acceptors (Lipinski definition) is 4. The molecule has 0 saturated heterocycles. The van der Waals surface area contributed by atoms with E-state index in [1.165, 1.54) is 19.1 Å². The van der Waals surface area contributed by atoms with Gasteiger partial charge in [-0.3, -0.25) is 9.59 Å². The molecule has 0 unspecified atom stereocenters. The van der Waals surface area contributed by atoms with Crippen LogP contribution in [0.25, 0.3) is 11.8 Å². The van der Waals surface area contributed by atoms with Crippen LogP contribution in [0, 0.1) is 19.7 Å². The lowest BCUT2D eigenvalue weighted by Crippen LogP contribution is -2.27. The average Bonchev–Trinajstić information content (AvgIpc) is 3.06. The SMILES string of the molecule is CC(=O)N/C(=C/c1ccccc1)C(=O)OCC(=O)c1cc(C)n(-c2ccccc2F)c1C. The number of halogens is 1. The number of rotatable bonds is 7. The lowest BCUT2D eigenvalue weighted by Gasteiger charge is -2.11. The largest absolute Gasteiger partial charge is 0.453 e. The summed E-state index contributed by atoms with van der Waals surface area (Å²) >= 11 is 0. The third-order valence-corrected chi connectivity index (χ3v) is 4.80. The van der Waals surface area contributed by atoms with Gasteiger partial charge in [0.15, 0.2) is 6.61 Å². The molecule has 1 aromatic heterocycles. The van der Waals surface area contributed by atoms with E-state index < -0.39 is 30.1 Å². The number of ketones is 1. The highest BCUT2D eigenvalue weighted by molar-refractivity contribution is 6.02. The smallest absolute Gasteiger partial charge is 0.355 e. The summed E-state index contributed by atoms with van der Waals surface area (Å²) in [6.45, 7) is 4.22. The summed E-state index contributed by atoms with van der Waals surface area (Å²) in [7, 11) is 0. The van der Waals surface area contributed by atoms with Gasteiger partial charge in [0.05, 0.1) is 5.69 Å². The van der Waals surface area contributed by atoms with Crippen molar-refractivity contribution in [1.82, 2.24) is 9.88 Å². The molecular weight excluding hydrogens is 411 g/mol. The highest BCUT2D eigenvalue weighted by atomic mass is 19.1. The normalized spacial score (nSPS) is 11.2. The third-order valence-electron chi connectivity index (χ3n) is 4.80. The minimum atomic E-state index is -0.833. The first-order valence-corrected chi connectivity index (χ1v) is 9.96. The van der Waals surface area contributed by atoms with Crippen molar-refractivity contribution in [2.45, 2.75) is 20.8 Å². The lowest BCUT2D eigenvalue weighted by molar-refractivity contribution is -0.139. The minimum Gasteiger partial charge on any atom is -0.453 e. The second kappa shape index (κ2) is 9.87. The summed E-state index contributed by atoms with van der Waals surface area (Å²) in [5.74, 6) is -2.12. The number of aryl methyl sites for hydroxylation is 1. The van der Waals surface area contributed by atoms with Gasteiger partial charge in [-0.1, -0.05) is 42.5 Å². The van der Waals surface area contributed by atoms with E-state index in [-0.39, 0.29) is 5.70 Å². The fourth-order valence-corrected chi connectivity index (χ4v) is 3.39. The van der Waals surface area contributed by atoms with E-state index in [0.717, 1.165) is 0 Å². The number of nitrogens with zero attached hydrogens (tertiary/aromatic N) is 1. The lowest BCUT2D eigenvalue weighted by atomic mass is 10.1. The molecule has 2 aromatic carbocycles. The molecule has 0 bridgehead atoms. The van der Waals surface area contributed by atoms with Gasteiger partial charge in [-0.05, 0) is 43.7 Å². The maximum atomic E-state index is 14.3. The number of Topliss-reactive ketones (excluding diaryl/α,β-unsaturated/α-hetero) is 1. The summed E-state index contributed by atoms with van der Waals surface area (Å²) in [4.78, 5) is 36.8. The van der Waals surface area contributed by atoms with Gasteiger partial charge in [-0.15, -0.1) is 0 Å². The van der Waals surface area contributed by atoms with Gasteiger partial charge in [0.25, 0.3) is 0 Å². The van der Waals surface area contributed by atoms with Crippen LogP contribution in [0.3, 0.4) is 0 Å². The standard InChI is InChI=1S/C25H23FN2O4/c1-16-13-20(17(2)28(16)23-12-8-7-11-21(23)26)24(30)15-32-25(31)22(27-18(3)29)14-19-9-5-4-6-10-19/h4-14H,15H2,1-3H3,(H,27,29)/b22-14+. The van der Waals surface area contributed by atoms with E-state index in [1.807, 2.05) is 6.07 Å². The molecule has 1 amide bonds. The fraction of sp³-hybridized carbons (Fsp3) is 0.160. The second-order valence-corrected chi connectivity index (χ2v) is 7.22. The van der Waals surface area contributed by atoms with Gasteiger partial charge in [0, 0.05) is 23.9 Å². The highest BCUT2D eigenvalue weighted by Gasteiger charge is 2.21. The molecule has 164 valence electrons. The Morgan fingerprint density at radius 1 is 1.03 bits per heavy atom. The Balaban J connectivity index is 1.78. The van der Waals surface area contributed by atoms with Gasteiger partial charge in [-0.25, -0.2) is 9.18 Å². The van der Waals surface area contributed by atoms with E-state index in [2.05, 4.69) is 5.32 Å². The van der Waals surface area contributed by atoms with Crippen molar-refractivity contribution in [3.05, 3.63) is 94.7 Å². The number of esters is 1. The first kappa shape index (κ1) is 22.7. The molecule has 0 spiro atoms. The molecule has 3 rings (SSSR count). The number of para-hydroxylation sites is 1. The molecule has 0 saturated carbocycles. The molecule has 7 heteroatoms. The number of nitrogens with one attached hydrogen (secondary N) is 1. The number of amides is 1. The number of hydrogen-bond donors (Lipinski definition) is 1. The first-order valence-electron chi connectivity index (χ1n) is 9.96. The van der Waals surface area contributed by atoms with Crippen LogP contribution in [-0.2, 0) is 14.3 Å². The molecular formula is C25H23FN2O4. The van der Waals surface area contributed by atoms with Crippen LogP contribution >= 0.6 is 0 Å². The molecule has 6 nitrogen and oxygen atoms in total. The van der Waals surface area contributed by atoms with E-state index in [4.69, 9.17) is 4.74 Å². The Hall–Kier alpha value is -4.00. The van der Waals surface area contributed by atoms with Crippen molar-refractivity contribution < 1.29 is 23.5 Å². The molecule has 0 aliphatic heterocycles. The Morgan fingerprint density at radius 3 is 2.34 bits per heavy atom. The Labute approximate surface area is 185 Å². The van der Waals surface area contributed by atoms with Gasteiger partial charge < -0.3 is 14.6 Å². The monoisotopic (exact) mass is 434 g/mol. The molecule has 1 N–H and O–H groups in total. The first-order chi connectivity index (χ1) is 15.3. The molecule has 0 aliphatic carbocycles. The molecule has 3 aromatic rings. The van der Waals surface area contributed by atoms with Gasteiger partial charge >= 0.3 is 5.97 Å². The predicted molar refractivity (Wildman–Crippen MR) is 119 cm³/mol. The van der Waals surface area contributed by atoms with Crippen LogP contribution in [0.4, 0.5) is 4.39 Å². The molecule has 1 heterocycles. The van der Waals surface area contributed by atoms with Crippen LogP contribution in [0.2, 0.25) is 0 Å². The summed E-state index contributed by atoms with van der Waals surface area (Å²) in [5, 5.41) is 2.43.